The maximum absolute atomic E-state index is 13.5. The number of hydrogen-bond donors (Lipinski definition) is 0. The van der Waals surface area contributed by atoms with E-state index < -0.39 is 11.7 Å². The SMILES string of the molecule is COc1ccc(C(C)(C)C)cc1OCCC(C)(C)c1cccc2c1OC(F)(F)O2. The van der Waals surface area contributed by atoms with Gasteiger partial charge in [0.15, 0.2) is 23.0 Å². The summed E-state index contributed by atoms with van der Waals surface area (Å²) in [6.45, 7) is 10.7. The van der Waals surface area contributed by atoms with E-state index in [4.69, 9.17) is 14.2 Å². The Balaban J connectivity index is 1.75. The van der Waals surface area contributed by atoms with Crippen LogP contribution in [0.25, 0.3) is 0 Å². The summed E-state index contributed by atoms with van der Waals surface area (Å²) < 4.78 is 47.8. The molecule has 0 fully saturated rings. The highest BCUT2D eigenvalue weighted by Crippen LogP contribution is 2.47. The van der Waals surface area contributed by atoms with E-state index in [1.54, 1.807) is 19.2 Å². The largest absolute Gasteiger partial charge is 0.586 e. The Morgan fingerprint density at radius 1 is 0.966 bits per heavy atom. The van der Waals surface area contributed by atoms with E-state index >= 15 is 0 Å². The van der Waals surface area contributed by atoms with Crippen LogP contribution >= 0.6 is 0 Å². The second-order valence-corrected chi connectivity index (χ2v) is 8.90. The Morgan fingerprint density at radius 3 is 2.34 bits per heavy atom. The summed E-state index contributed by atoms with van der Waals surface area (Å²) in [6.07, 6.45) is -3.05. The van der Waals surface area contributed by atoms with Gasteiger partial charge in [0.2, 0.25) is 0 Å². The lowest BCUT2D eigenvalue weighted by molar-refractivity contribution is -0.287. The number of rotatable bonds is 6. The number of methoxy groups -OCH3 is 1. The van der Waals surface area contributed by atoms with E-state index in [-0.39, 0.29) is 16.9 Å². The molecule has 0 aromatic heterocycles. The predicted octanol–water partition coefficient (Wildman–Crippen LogP) is 6.06. The quantitative estimate of drug-likeness (QED) is 0.584. The lowest BCUT2D eigenvalue weighted by atomic mass is 9.81. The van der Waals surface area contributed by atoms with Crippen LogP contribution in [-0.4, -0.2) is 20.0 Å². The van der Waals surface area contributed by atoms with Crippen molar-refractivity contribution in [3.05, 3.63) is 47.5 Å². The number of para-hydroxylation sites is 1. The Morgan fingerprint density at radius 2 is 1.69 bits per heavy atom. The van der Waals surface area contributed by atoms with Crippen molar-refractivity contribution in [3.8, 4) is 23.0 Å². The van der Waals surface area contributed by atoms with E-state index in [2.05, 4.69) is 25.5 Å². The molecular weight excluding hydrogens is 378 g/mol. The zero-order valence-electron chi connectivity index (χ0n) is 17.8. The van der Waals surface area contributed by atoms with Gasteiger partial charge in [-0.25, -0.2) is 0 Å². The van der Waals surface area contributed by atoms with Gasteiger partial charge >= 0.3 is 6.29 Å². The lowest BCUT2D eigenvalue weighted by Gasteiger charge is -2.27. The summed E-state index contributed by atoms with van der Waals surface area (Å²) in [5, 5.41) is 0. The maximum Gasteiger partial charge on any atom is 0.586 e. The minimum absolute atomic E-state index is 0.0171. The molecule has 0 aliphatic carbocycles. The molecular formula is C23H28F2O4. The topological polar surface area (TPSA) is 36.9 Å². The Hall–Kier alpha value is -2.50. The van der Waals surface area contributed by atoms with E-state index in [0.717, 1.165) is 5.56 Å². The number of hydrogen-bond acceptors (Lipinski definition) is 4. The third kappa shape index (κ3) is 4.57. The van der Waals surface area contributed by atoms with E-state index in [0.29, 0.717) is 30.1 Å². The highest BCUT2D eigenvalue weighted by Gasteiger charge is 2.46. The molecule has 0 saturated heterocycles. The lowest BCUT2D eigenvalue weighted by Crippen LogP contribution is -2.27. The van der Waals surface area contributed by atoms with Crippen molar-refractivity contribution in [1.29, 1.82) is 0 Å². The molecule has 0 N–H and O–H groups in total. The fourth-order valence-corrected chi connectivity index (χ4v) is 3.31. The van der Waals surface area contributed by atoms with Gasteiger partial charge < -0.3 is 18.9 Å². The van der Waals surface area contributed by atoms with Crippen molar-refractivity contribution in [3.63, 3.8) is 0 Å². The fraction of sp³-hybridized carbons (Fsp3) is 0.478. The van der Waals surface area contributed by atoms with Gasteiger partial charge in [0.05, 0.1) is 13.7 Å². The molecule has 158 valence electrons. The number of alkyl halides is 2. The summed E-state index contributed by atoms with van der Waals surface area (Å²) in [6, 6.07) is 10.9. The molecule has 29 heavy (non-hydrogen) atoms. The van der Waals surface area contributed by atoms with Crippen LogP contribution in [0.1, 0.15) is 52.2 Å². The van der Waals surface area contributed by atoms with Gasteiger partial charge in [-0.2, -0.15) is 0 Å². The van der Waals surface area contributed by atoms with Crippen molar-refractivity contribution < 1.29 is 27.7 Å². The summed E-state index contributed by atoms with van der Waals surface area (Å²) in [5.74, 6) is 1.48. The van der Waals surface area contributed by atoms with Crippen LogP contribution in [0.5, 0.6) is 23.0 Å². The zero-order valence-corrected chi connectivity index (χ0v) is 17.8. The minimum Gasteiger partial charge on any atom is -0.493 e. The molecule has 0 atom stereocenters. The molecule has 3 rings (SSSR count). The highest BCUT2D eigenvalue weighted by atomic mass is 19.3. The monoisotopic (exact) mass is 406 g/mol. The molecule has 0 spiro atoms. The first-order chi connectivity index (χ1) is 13.4. The summed E-state index contributed by atoms with van der Waals surface area (Å²) in [4.78, 5) is 0. The molecule has 0 amide bonds. The average Bonchev–Trinajstić information content (AvgIpc) is 2.94. The molecule has 0 radical (unpaired) electrons. The first kappa shape index (κ1) is 21.2. The van der Waals surface area contributed by atoms with E-state index in [1.807, 2.05) is 32.0 Å². The van der Waals surface area contributed by atoms with Gasteiger partial charge in [-0.1, -0.05) is 52.8 Å². The van der Waals surface area contributed by atoms with Crippen LogP contribution in [0, 0.1) is 0 Å². The van der Waals surface area contributed by atoms with Crippen LogP contribution in [0.15, 0.2) is 36.4 Å². The third-order valence-electron chi connectivity index (χ3n) is 5.17. The smallest absolute Gasteiger partial charge is 0.493 e. The molecule has 0 saturated carbocycles. The van der Waals surface area contributed by atoms with Gasteiger partial charge in [0, 0.05) is 5.56 Å². The minimum atomic E-state index is -3.63. The second kappa shape index (κ2) is 7.39. The first-order valence-electron chi connectivity index (χ1n) is 9.64. The Kier molecular flexibility index (Phi) is 5.41. The Labute approximate surface area is 170 Å². The van der Waals surface area contributed by atoms with Gasteiger partial charge in [0.1, 0.15) is 0 Å². The van der Waals surface area contributed by atoms with E-state index in [9.17, 15) is 8.78 Å². The molecule has 2 aromatic carbocycles. The first-order valence-corrected chi connectivity index (χ1v) is 9.64. The van der Waals surface area contributed by atoms with Gasteiger partial charge in [-0.05, 0) is 41.0 Å². The highest BCUT2D eigenvalue weighted by molar-refractivity contribution is 5.51. The fourth-order valence-electron chi connectivity index (χ4n) is 3.31. The molecule has 6 heteroatoms. The predicted molar refractivity (Wildman–Crippen MR) is 107 cm³/mol. The normalized spacial score (nSPS) is 15.3. The molecule has 4 nitrogen and oxygen atoms in total. The standard InChI is InChI=1S/C23H28F2O4/c1-21(2,3)15-10-11-17(26-6)19(14-15)27-13-12-22(4,5)16-8-7-9-18-20(16)29-23(24,25)28-18/h7-11,14H,12-13H2,1-6H3. The van der Waals surface area contributed by atoms with Crippen LogP contribution in [-0.2, 0) is 10.8 Å². The molecule has 2 aromatic rings. The summed E-state index contributed by atoms with van der Waals surface area (Å²) >= 11 is 0. The number of benzene rings is 2. The zero-order chi connectivity index (χ0) is 21.4. The van der Waals surface area contributed by atoms with Crippen molar-refractivity contribution in [2.75, 3.05) is 13.7 Å². The third-order valence-corrected chi connectivity index (χ3v) is 5.17. The van der Waals surface area contributed by atoms with Crippen LogP contribution < -0.4 is 18.9 Å². The van der Waals surface area contributed by atoms with Crippen molar-refractivity contribution in [1.82, 2.24) is 0 Å². The molecule has 0 bridgehead atoms. The van der Waals surface area contributed by atoms with E-state index in [1.165, 1.54) is 6.07 Å². The molecule has 1 aliphatic rings. The average molecular weight is 406 g/mol. The number of fused-ring (bicyclic) bond motifs is 1. The van der Waals surface area contributed by atoms with Crippen molar-refractivity contribution in [2.24, 2.45) is 0 Å². The second-order valence-electron chi connectivity index (χ2n) is 8.90. The molecule has 1 aliphatic heterocycles. The van der Waals surface area contributed by atoms with Gasteiger partial charge in [-0.15, -0.1) is 8.78 Å². The Bertz CT molecular complexity index is 885. The van der Waals surface area contributed by atoms with Crippen LogP contribution in [0.4, 0.5) is 8.78 Å². The van der Waals surface area contributed by atoms with Gasteiger partial charge in [-0.3, -0.25) is 0 Å². The van der Waals surface area contributed by atoms with Crippen LogP contribution in [0.3, 0.4) is 0 Å². The molecule has 0 unspecified atom stereocenters. The van der Waals surface area contributed by atoms with Crippen molar-refractivity contribution >= 4 is 0 Å². The van der Waals surface area contributed by atoms with Crippen LogP contribution in [0.2, 0.25) is 0 Å². The van der Waals surface area contributed by atoms with Crippen molar-refractivity contribution in [2.45, 2.75) is 58.2 Å². The van der Waals surface area contributed by atoms with Gasteiger partial charge in [0.25, 0.3) is 0 Å². The maximum atomic E-state index is 13.5. The molecule has 1 heterocycles. The number of halogens is 2. The summed E-state index contributed by atoms with van der Waals surface area (Å²) in [5.41, 5.74) is 1.31. The summed E-state index contributed by atoms with van der Waals surface area (Å²) in [7, 11) is 1.60. The number of ether oxygens (including phenoxy) is 4.